The van der Waals surface area contributed by atoms with Gasteiger partial charge >= 0.3 is 0 Å². The Bertz CT molecular complexity index is 335. The summed E-state index contributed by atoms with van der Waals surface area (Å²) in [5.74, 6) is 0.943. The average Bonchev–Trinajstić information content (AvgIpc) is 2.83. The summed E-state index contributed by atoms with van der Waals surface area (Å²) in [5, 5.41) is 0. The number of Topliss-reactive ketones (excluding diaryl/α,β-unsaturated/α-hetero) is 2. The molecule has 0 N–H and O–H groups in total. The molecule has 3 heteroatoms. The zero-order valence-corrected chi connectivity index (χ0v) is 12.3. The largest absolute Gasteiger partial charge is 0.385 e. The van der Waals surface area contributed by atoms with E-state index in [1.807, 2.05) is 13.8 Å². The van der Waals surface area contributed by atoms with Crippen molar-refractivity contribution in [3.8, 4) is 0 Å². The van der Waals surface area contributed by atoms with Crippen molar-refractivity contribution in [3.63, 3.8) is 0 Å². The Balaban J connectivity index is 1.63. The van der Waals surface area contributed by atoms with Gasteiger partial charge in [0, 0.05) is 25.6 Å². The number of rotatable bonds is 8. The van der Waals surface area contributed by atoms with Crippen LogP contribution in [-0.4, -0.2) is 25.3 Å². The molecule has 2 unspecified atom stereocenters. The van der Waals surface area contributed by atoms with Crippen molar-refractivity contribution < 1.29 is 14.3 Å². The molecule has 2 atom stereocenters. The van der Waals surface area contributed by atoms with Crippen molar-refractivity contribution in [2.75, 3.05) is 13.7 Å². The fourth-order valence-corrected chi connectivity index (χ4v) is 3.44. The van der Waals surface area contributed by atoms with Gasteiger partial charge in [-0.2, -0.15) is 0 Å². The van der Waals surface area contributed by atoms with Crippen LogP contribution < -0.4 is 0 Å². The molecular weight excluding hydrogens is 240 g/mol. The van der Waals surface area contributed by atoms with Crippen LogP contribution in [0.1, 0.15) is 52.4 Å². The zero-order valence-electron chi connectivity index (χ0n) is 12.3. The highest BCUT2D eigenvalue weighted by atomic mass is 16.5. The minimum absolute atomic E-state index is 0.0108. The number of carbonyl (C=O) groups is 2. The lowest BCUT2D eigenvalue weighted by molar-refractivity contribution is -0.123. The number of carbonyl (C=O) groups excluding carboxylic acids is 2. The quantitative estimate of drug-likeness (QED) is 0.634. The van der Waals surface area contributed by atoms with Gasteiger partial charge in [0.2, 0.25) is 0 Å². The first-order valence-corrected chi connectivity index (χ1v) is 7.45. The third-order valence-corrected chi connectivity index (χ3v) is 4.76. The molecule has 2 rings (SSSR count). The van der Waals surface area contributed by atoms with Gasteiger partial charge in [0.1, 0.15) is 5.92 Å². The molecule has 0 aromatic rings. The Labute approximate surface area is 116 Å². The van der Waals surface area contributed by atoms with E-state index in [9.17, 15) is 9.59 Å². The zero-order chi connectivity index (χ0) is 14.0. The molecule has 0 saturated heterocycles. The summed E-state index contributed by atoms with van der Waals surface area (Å²) in [7, 11) is 1.72. The molecule has 107 valence electrons. The van der Waals surface area contributed by atoms with Crippen LogP contribution in [0.3, 0.4) is 0 Å². The summed E-state index contributed by atoms with van der Waals surface area (Å²) in [6.07, 6.45) is 6.21. The predicted octanol–water partition coefficient (Wildman–Crippen LogP) is 2.97. The molecule has 0 amide bonds. The van der Waals surface area contributed by atoms with E-state index in [0.29, 0.717) is 12.3 Å². The average molecular weight is 265 g/mol. The molecular formula is C16H25O3. The van der Waals surface area contributed by atoms with Crippen molar-refractivity contribution in [2.24, 2.45) is 17.3 Å². The van der Waals surface area contributed by atoms with E-state index in [1.54, 1.807) is 7.11 Å². The molecule has 19 heavy (non-hydrogen) atoms. The van der Waals surface area contributed by atoms with Gasteiger partial charge in [0.05, 0.1) is 0 Å². The molecule has 0 bridgehead atoms. The Morgan fingerprint density at radius 1 is 0.947 bits per heavy atom. The van der Waals surface area contributed by atoms with Gasteiger partial charge in [0.15, 0.2) is 11.6 Å². The summed E-state index contributed by atoms with van der Waals surface area (Å²) in [5.41, 5.74) is -0.0577. The second-order valence-electron chi connectivity index (χ2n) is 6.49. The highest BCUT2D eigenvalue weighted by molar-refractivity contribution is 6.27. The Hall–Kier alpha value is -0.700. The van der Waals surface area contributed by atoms with E-state index >= 15 is 0 Å². The minimum atomic E-state index is -0.0577. The second-order valence-corrected chi connectivity index (χ2v) is 6.49. The molecule has 2 saturated carbocycles. The van der Waals surface area contributed by atoms with Crippen LogP contribution in [0, 0.1) is 23.2 Å². The summed E-state index contributed by atoms with van der Waals surface area (Å²) in [4.78, 5) is 24.2. The highest BCUT2D eigenvalue weighted by Crippen LogP contribution is 2.65. The number of methoxy groups -OCH3 is 1. The maximum atomic E-state index is 12.1. The van der Waals surface area contributed by atoms with Gasteiger partial charge in [-0.3, -0.25) is 9.59 Å². The summed E-state index contributed by atoms with van der Waals surface area (Å²) >= 11 is 0. The normalized spacial score (nSPS) is 28.8. The molecule has 2 aliphatic carbocycles. The predicted molar refractivity (Wildman–Crippen MR) is 73.6 cm³/mol. The van der Waals surface area contributed by atoms with E-state index < -0.39 is 0 Å². The lowest BCUT2D eigenvalue weighted by atomic mass is 9.87. The number of ketones is 2. The third-order valence-electron chi connectivity index (χ3n) is 4.76. The standard InChI is InChI=1S/C16H25O3/c1-16(2)12-13(16)15(18)11(14(12)17)9-7-5-4-6-8-10-19-3/h12-13H,4-10H2,1-3H3. The molecule has 0 spiro atoms. The number of hydrogen-bond donors (Lipinski definition) is 0. The van der Waals surface area contributed by atoms with Crippen LogP contribution in [0.25, 0.3) is 0 Å². The second kappa shape index (κ2) is 5.74. The van der Waals surface area contributed by atoms with E-state index in [4.69, 9.17) is 4.74 Å². The minimum Gasteiger partial charge on any atom is -0.385 e. The molecule has 0 aromatic carbocycles. The van der Waals surface area contributed by atoms with Crippen LogP contribution in [0.2, 0.25) is 0 Å². The van der Waals surface area contributed by atoms with E-state index in [1.165, 1.54) is 6.42 Å². The molecule has 1 radical (unpaired) electrons. The van der Waals surface area contributed by atoms with E-state index in [2.05, 4.69) is 0 Å². The maximum absolute atomic E-state index is 12.1. The summed E-state index contributed by atoms with van der Waals surface area (Å²) in [6, 6.07) is 0. The first kappa shape index (κ1) is 14.7. The fourth-order valence-electron chi connectivity index (χ4n) is 3.44. The van der Waals surface area contributed by atoms with Crippen molar-refractivity contribution in [1.82, 2.24) is 0 Å². The first-order chi connectivity index (χ1) is 9.01. The molecule has 2 aliphatic rings. The number of unbranched alkanes of at least 4 members (excludes halogenated alkanes) is 4. The maximum Gasteiger partial charge on any atom is 0.152 e. The van der Waals surface area contributed by atoms with Crippen molar-refractivity contribution in [3.05, 3.63) is 5.92 Å². The Morgan fingerprint density at radius 3 is 2.05 bits per heavy atom. The van der Waals surface area contributed by atoms with Crippen LogP contribution in [0.5, 0.6) is 0 Å². The van der Waals surface area contributed by atoms with Crippen molar-refractivity contribution >= 4 is 11.6 Å². The Kier molecular flexibility index (Phi) is 4.44. The van der Waals surface area contributed by atoms with Crippen LogP contribution in [0.4, 0.5) is 0 Å². The molecule has 0 aromatic heterocycles. The molecule has 0 aliphatic heterocycles. The van der Waals surface area contributed by atoms with Gasteiger partial charge in [-0.1, -0.05) is 39.5 Å². The summed E-state index contributed by atoms with van der Waals surface area (Å²) < 4.78 is 5.00. The van der Waals surface area contributed by atoms with Gasteiger partial charge in [-0.25, -0.2) is 0 Å². The summed E-state index contributed by atoms with van der Waals surface area (Å²) in [6.45, 7) is 4.89. The fraction of sp³-hybridized carbons (Fsp3) is 0.812. The van der Waals surface area contributed by atoms with Gasteiger partial charge in [-0.15, -0.1) is 0 Å². The van der Waals surface area contributed by atoms with Crippen LogP contribution >= 0.6 is 0 Å². The van der Waals surface area contributed by atoms with Gasteiger partial charge in [-0.05, 0) is 18.3 Å². The van der Waals surface area contributed by atoms with Crippen molar-refractivity contribution in [2.45, 2.75) is 52.4 Å². The van der Waals surface area contributed by atoms with Crippen LogP contribution in [-0.2, 0) is 14.3 Å². The van der Waals surface area contributed by atoms with E-state index in [-0.39, 0.29) is 28.8 Å². The molecule has 3 nitrogen and oxygen atoms in total. The number of hydrogen-bond acceptors (Lipinski definition) is 3. The Morgan fingerprint density at radius 2 is 1.47 bits per heavy atom. The van der Waals surface area contributed by atoms with Crippen LogP contribution in [0.15, 0.2) is 0 Å². The number of fused-ring (bicyclic) bond motifs is 1. The molecule has 0 heterocycles. The third kappa shape index (κ3) is 2.76. The van der Waals surface area contributed by atoms with Gasteiger partial charge in [0.25, 0.3) is 0 Å². The first-order valence-electron chi connectivity index (χ1n) is 7.45. The topological polar surface area (TPSA) is 43.4 Å². The van der Waals surface area contributed by atoms with Gasteiger partial charge < -0.3 is 4.74 Å². The lowest BCUT2D eigenvalue weighted by Gasteiger charge is -2.14. The highest BCUT2D eigenvalue weighted by Gasteiger charge is 2.72. The van der Waals surface area contributed by atoms with Crippen molar-refractivity contribution in [1.29, 1.82) is 0 Å². The smallest absolute Gasteiger partial charge is 0.152 e. The number of ether oxygens (including phenoxy) is 1. The lowest BCUT2D eigenvalue weighted by Crippen LogP contribution is -2.22. The monoisotopic (exact) mass is 265 g/mol. The molecule has 2 fully saturated rings. The van der Waals surface area contributed by atoms with E-state index in [0.717, 1.165) is 32.3 Å². The SMILES string of the molecule is COCCCCCCC[C]1C(=O)C2C(C1=O)C2(C)C.